The maximum atomic E-state index is 4.67. The average molecular weight is 386 g/mol. The molecule has 0 spiro atoms. The van der Waals surface area contributed by atoms with Crippen LogP contribution in [0.2, 0.25) is 0 Å². The van der Waals surface area contributed by atoms with Crippen LogP contribution in [0, 0.1) is 20.8 Å². The Morgan fingerprint density at radius 1 is 1.08 bits per heavy atom. The monoisotopic (exact) mass is 385 g/mol. The molecule has 0 saturated heterocycles. The highest BCUT2D eigenvalue weighted by Crippen LogP contribution is 2.28. The molecule has 1 atom stereocenters. The summed E-state index contributed by atoms with van der Waals surface area (Å²) >= 11 is 3.59. The van der Waals surface area contributed by atoms with Crippen molar-refractivity contribution in [3.63, 3.8) is 0 Å². The van der Waals surface area contributed by atoms with Gasteiger partial charge in [0.1, 0.15) is 5.82 Å². The average Bonchev–Trinajstić information content (AvgIpc) is 2.91. The number of anilines is 1. The van der Waals surface area contributed by atoms with Gasteiger partial charge in [0.15, 0.2) is 0 Å². The van der Waals surface area contributed by atoms with Crippen LogP contribution in [0.15, 0.2) is 40.9 Å². The van der Waals surface area contributed by atoms with Crippen molar-refractivity contribution in [1.82, 2.24) is 19.7 Å². The van der Waals surface area contributed by atoms with Crippen LogP contribution in [-0.4, -0.2) is 19.7 Å². The molecule has 2 aromatic heterocycles. The van der Waals surface area contributed by atoms with Crippen molar-refractivity contribution in [2.75, 3.05) is 5.32 Å². The van der Waals surface area contributed by atoms with Gasteiger partial charge in [0.2, 0.25) is 0 Å². The third-order valence-corrected chi connectivity index (χ3v) is 4.81. The number of nitrogens with one attached hydrogen (secondary N) is 1. The van der Waals surface area contributed by atoms with Crippen molar-refractivity contribution in [1.29, 1.82) is 0 Å². The molecule has 0 unspecified atom stereocenters. The first-order chi connectivity index (χ1) is 11.5. The molecule has 3 aromatic rings. The van der Waals surface area contributed by atoms with Crippen LogP contribution in [0.5, 0.6) is 0 Å². The van der Waals surface area contributed by atoms with Crippen molar-refractivity contribution < 1.29 is 0 Å². The Balaban J connectivity index is 1.97. The van der Waals surface area contributed by atoms with Gasteiger partial charge in [-0.25, -0.2) is 9.67 Å². The number of hydrogen-bond acceptors (Lipinski definition) is 4. The smallest absolute Gasteiger partial charge is 0.253 e. The van der Waals surface area contributed by atoms with Gasteiger partial charge in [-0.05, 0) is 55.3 Å². The molecular weight excluding hydrogens is 366 g/mol. The van der Waals surface area contributed by atoms with Crippen LogP contribution in [0.1, 0.15) is 35.6 Å². The minimum Gasteiger partial charge on any atom is -0.362 e. The Labute approximate surface area is 150 Å². The lowest BCUT2D eigenvalue weighted by molar-refractivity contribution is 0.762. The van der Waals surface area contributed by atoms with E-state index in [2.05, 4.69) is 55.4 Å². The molecule has 5 nitrogen and oxygen atoms in total. The number of nitrogens with zero attached hydrogens (tertiary/aromatic N) is 4. The van der Waals surface area contributed by atoms with Gasteiger partial charge in [-0.15, -0.1) is 0 Å². The molecule has 0 fully saturated rings. The van der Waals surface area contributed by atoms with Crippen molar-refractivity contribution in [3.8, 4) is 5.95 Å². The Morgan fingerprint density at radius 3 is 2.42 bits per heavy atom. The van der Waals surface area contributed by atoms with Crippen LogP contribution in [0.4, 0.5) is 5.82 Å². The minimum absolute atomic E-state index is 0.130. The van der Waals surface area contributed by atoms with E-state index in [1.807, 2.05) is 45.0 Å². The van der Waals surface area contributed by atoms with Crippen LogP contribution in [0.25, 0.3) is 5.95 Å². The molecule has 0 amide bonds. The van der Waals surface area contributed by atoms with E-state index in [4.69, 9.17) is 0 Å². The summed E-state index contributed by atoms with van der Waals surface area (Å²) in [6.45, 7) is 8.04. The maximum Gasteiger partial charge on any atom is 0.253 e. The molecule has 0 radical (unpaired) electrons. The fourth-order valence-corrected chi connectivity index (χ4v) is 2.89. The van der Waals surface area contributed by atoms with Gasteiger partial charge in [-0.2, -0.15) is 10.1 Å². The van der Waals surface area contributed by atoms with Crippen molar-refractivity contribution in [3.05, 3.63) is 63.5 Å². The molecule has 1 N–H and O–H groups in total. The summed E-state index contributed by atoms with van der Waals surface area (Å²) in [7, 11) is 0. The topological polar surface area (TPSA) is 55.6 Å². The first kappa shape index (κ1) is 16.6. The van der Waals surface area contributed by atoms with Gasteiger partial charge < -0.3 is 5.32 Å². The number of halogens is 1. The van der Waals surface area contributed by atoms with Crippen LogP contribution < -0.4 is 5.32 Å². The number of benzene rings is 1. The summed E-state index contributed by atoms with van der Waals surface area (Å²) < 4.78 is 2.64. The second kappa shape index (κ2) is 6.73. The summed E-state index contributed by atoms with van der Waals surface area (Å²) in [6, 6.07) is 12.4. The van der Waals surface area contributed by atoms with Gasteiger partial charge in [0.25, 0.3) is 5.95 Å². The molecule has 6 heteroatoms. The van der Waals surface area contributed by atoms with E-state index in [0.29, 0.717) is 5.95 Å². The second-order valence-corrected chi connectivity index (χ2v) is 6.68. The summed E-state index contributed by atoms with van der Waals surface area (Å²) in [4.78, 5) is 9.23. The summed E-state index contributed by atoms with van der Waals surface area (Å²) in [5, 5.41) is 7.94. The third kappa shape index (κ3) is 3.33. The fourth-order valence-electron chi connectivity index (χ4n) is 2.60. The quantitative estimate of drug-likeness (QED) is 0.716. The minimum atomic E-state index is 0.130. The summed E-state index contributed by atoms with van der Waals surface area (Å²) in [6.07, 6.45) is 0. The molecule has 0 aliphatic carbocycles. The van der Waals surface area contributed by atoms with Gasteiger partial charge >= 0.3 is 0 Å². The van der Waals surface area contributed by atoms with Gasteiger partial charge in [-0.1, -0.05) is 30.3 Å². The highest BCUT2D eigenvalue weighted by atomic mass is 79.9. The third-order valence-electron chi connectivity index (χ3n) is 3.86. The first-order valence-corrected chi connectivity index (χ1v) is 8.64. The van der Waals surface area contributed by atoms with E-state index in [-0.39, 0.29) is 6.04 Å². The molecule has 0 aliphatic rings. The molecule has 0 bridgehead atoms. The number of aryl methyl sites for hydroxylation is 3. The fraction of sp³-hybridized carbons (Fsp3) is 0.278. The molecular formula is C18H20BrN5. The van der Waals surface area contributed by atoms with E-state index >= 15 is 0 Å². The lowest BCUT2D eigenvalue weighted by atomic mass is 10.1. The normalized spacial score (nSPS) is 12.2. The van der Waals surface area contributed by atoms with Gasteiger partial charge in [-0.3, -0.25) is 0 Å². The lowest BCUT2D eigenvalue weighted by Crippen LogP contribution is -2.13. The predicted octanol–water partition coefficient (Wildman–Crippen LogP) is 4.52. The highest BCUT2D eigenvalue weighted by molar-refractivity contribution is 9.10. The van der Waals surface area contributed by atoms with Crippen LogP contribution >= 0.6 is 15.9 Å². The van der Waals surface area contributed by atoms with E-state index in [1.165, 1.54) is 5.56 Å². The van der Waals surface area contributed by atoms with Crippen LogP contribution in [-0.2, 0) is 0 Å². The highest BCUT2D eigenvalue weighted by Gasteiger charge is 2.15. The van der Waals surface area contributed by atoms with E-state index in [0.717, 1.165) is 27.4 Å². The molecule has 1 aromatic carbocycles. The first-order valence-electron chi connectivity index (χ1n) is 7.85. The Kier molecular flexibility index (Phi) is 4.66. The molecule has 2 heterocycles. The van der Waals surface area contributed by atoms with E-state index in [1.54, 1.807) is 4.68 Å². The van der Waals surface area contributed by atoms with E-state index < -0.39 is 0 Å². The SMILES string of the molecule is Cc1cc(C)n(-c2nc(C)c(Br)c(N[C@@H](C)c3ccccc3)n2)n1. The number of rotatable bonds is 4. The molecule has 3 rings (SSSR count). The van der Waals surface area contributed by atoms with Crippen molar-refractivity contribution >= 4 is 21.7 Å². The Morgan fingerprint density at radius 2 is 1.79 bits per heavy atom. The molecule has 124 valence electrons. The van der Waals surface area contributed by atoms with E-state index in [9.17, 15) is 0 Å². The van der Waals surface area contributed by atoms with Crippen molar-refractivity contribution in [2.45, 2.75) is 33.7 Å². The summed E-state index contributed by atoms with van der Waals surface area (Å²) in [5.41, 5.74) is 4.03. The Bertz CT molecular complexity index is 857. The summed E-state index contributed by atoms with van der Waals surface area (Å²) in [5.74, 6) is 1.34. The Hall–Kier alpha value is -2.21. The molecule has 24 heavy (non-hydrogen) atoms. The van der Waals surface area contributed by atoms with Gasteiger partial charge in [0.05, 0.1) is 15.9 Å². The molecule has 0 saturated carbocycles. The van der Waals surface area contributed by atoms with Crippen molar-refractivity contribution in [2.24, 2.45) is 0 Å². The van der Waals surface area contributed by atoms with Crippen LogP contribution in [0.3, 0.4) is 0 Å². The predicted molar refractivity (Wildman–Crippen MR) is 99.5 cm³/mol. The second-order valence-electron chi connectivity index (χ2n) is 5.89. The number of hydrogen-bond donors (Lipinski definition) is 1. The standard InChI is InChI=1S/C18H20BrN5/c1-11-10-12(2)24(23-11)18-21-14(4)16(19)17(22-18)20-13(3)15-8-6-5-7-9-15/h5-10,13H,1-4H3,(H,20,21,22)/t13-/m0/s1. The lowest BCUT2D eigenvalue weighted by Gasteiger charge is -2.17. The largest absolute Gasteiger partial charge is 0.362 e. The zero-order valence-corrected chi connectivity index (χ0v) is 15.8. The maximum absolute atomic E-state index is 4.67. The molecule has 0 aliphatic heterocycles. The number of aromatic nitrogens is 4. The zero-order chi connectivity index (χ0) is 17.3. The van der Waals surface area contributed by atoms with Gasteiger partial charge in [0, 0.05) is 11.7 Å². The zero-order valence-electron chi connectivity index (χ0n) is 14.2.